The first-order chi connectivity index (χ1) is 10.3. The lowest BCUT2D eigenvalue weighted by Gasteiger charge is -2.08. The third-order valence-corrected chi connectivity index (χ3v) is 3.61. The molecule has 0 amide bonds. The summed E-state index contributed by atoms with van der Waals surface area (Å²) in [6.45, 7) is 2.21. The van der Waals surface area contributed by atoms with Gasteiger partial charge in [-0.3, -0.25) is 4.57 Å². The fourth-order valence-electron chi connectivity index (χ4n) is 2.39. The maximum atomic E-state index is 5.99. The normalized spacial score (nSPS) is 11.3. The molecule has 0 bridgehead atoms. The molecule has 3 aromatic rings. The summed E-state index contributed by atoms with van der Waals surface area (Å²) in [5, 5.41) is 0.190. The van der Waals surface area contributed by atoms with Crippen LogP contribution in [-0.2, 0) is 6.42 Å². The van der Waals surface area contributed by atoms with Crippen LogP contribution < -0.4 is 0 Å². The Morgan fingerprint density at radius 1 is 1.19 bits per heavy atom. The number of hydrogen-bond donors (Lipinski definition) is 1. The van der Waals surface area contributed by atoms with E-state index in [1.807, 2.05) is 10.8 Å². The van der Waals surface area contributed by atoms with E-state index < -0.39 is 0 Å². The van der Waals surface area contributed by atoms with Gasteiger partial charge in [-0.15, -0.1) is 0 Å². The molecule has 7 heteroatoms. The van der Waals surface area contributed by atoms with E-state index in [4.69, 9.17) is 11.6 Å². The number of imidazole rings is 2. The number of rotatable bonds is 6. The Morgan fingerprint density at radius 3 is 2.95 bits per heavy atom. The average Bonchev–Trinajstić information content (AvgIpc) is 3.11. The Kier molecular flexibility index (Phi) is 4.15. The van der Waals surface area contributed by atoms with E-state index in [-0.39, 0.29) is 5.28 Å². The minimum absolute atomic E-state index is 0.190. The molecule has 0 fully saturated rings. The summed E-state index contributed by atoms with van der Waals surface area (Å²) in [6.07, 6.45) is 11.0. The number of unbranched alkanes of at least 4 members (excludes halogenated alkanes) is 3. The molecule has 110 valence electrons. The number of hydrogen-bond acceptors (Lipinski definition) is 4. The highest BCUT2D eigenvalue weighted by Gasteiger charge is 2.13. The number of aromatic amines is 1. The lowest BCUT2D eigenvalue weighted by atomic mass is 10.1. The molecule has 0 aliphatic heterocycles. The first-order valence-electron chi connectivity index (χ1n) is 7.19. The molecule has 0 unspecified atom stereocenters. The SMILES string of the molecule is CCCCCCc1nccn1-c1nc(Cl)nc2nc[nH]c12. The summed E-state index contributed by atoms with van der Waals surface area (Å²) in [5.41, 5.74) is 1.34. The Morgan fingerprint density at radius 2 is 2.10 bits per heavy atom. The number of H-pyrrole nitrogens is 1. The van der Waals surface area contributed by atoms with Crippen LogP contribution in [-0.4, -0.2) is 29.5 Å². The highest BCUT2D eigenvalue weighted by molar-refractivity contribution is 6.28. The van der Waals surface area contributed by atoms with E-state index in [0.29, 0.717) is 11.5 Å². The van der Waals surface area contributed by atoms with E-state index in [1.54, 1.807) is 12.5 Å². The lowest BCUT2D eigenvalue weighted by molar-refractivity contribution is 0.647. The molecule has 3 aromatic heterocycles. The number of halogens is 1. The lowest BCUT2D eigenvalue weighted by Crippen LogP contribution is -2.05. The van der Waals surface area contributed by atoms with Gasteiger partial charge in [0.05, 0.1) is 6.33 Å². The standard InChI is InChI=1S/C14H17ClN6/c1-2-3-4-5-6-10-16-7-8-21(10)13-11-12(18-9-17-11)19-14(15)20-13/h7-9H,2-6H2,1H3,(H,17,18,19,20). The fraction of sp³-hybridized carbons (Fsp3) is 0.429. The zero-order valence-electron chi connectivity index (χ0n) is 11.9. The van der Waals surface area contributed by atoms with Crippen molar-refractivity contribution in [3.63, 3.8) is 0 Å². The summed E-state index contributed by atoms with van der Waals surface area (Å²) in [5.74, 6) is 1.68. The van der Waals surface area contributed by atoms with Crippen molar-refractivity contribution in [1.82, 2.24) is 29.5 Å². The number of nitrogens with zero attached hydrogens (tertiary/aromatic N) is 5. The molecule has 0 spiro atoms. The molecule has 3 rings (SSSR count). The second-order valence-electron chi connectivity index (χ2n) is 4.94. The largest absolute Gasteiger partial charge is 0.340 e. The molecule has 0 saturated carbocycles. The van der Waals surface area contributed by atoms with Crippen LogP contribution in [0.3, 0.4) is 0 Å². The summed E-state index contributed by atoms with van der Waals surface area (Å²) >= 11 is 5.99. The van der Waals surface area contributed by atoms with Crippen molar-refractivity contribution >= 4 is 22.8 Å². The quantitative estimate of drug-likeness (QED) is 0.560. The van der Waals surface area contributed by atoms with Gasteiger partial charge in [-0.05, 0) is 18.0 Å². The van der Waals surface area contributed by atoms with Crippen LogP contribution in [0.2, 0.25) is 5.28 Å². The summed E-state index contributed by atoms with van der Waals surface area (Å²) < 4.78 is 1.96. The first kappa shape index (κ1) is 14.0. The van der Waals surface area contributed by atoms with Gasteiger partial charge in [0.15, 0.2) is 11.5 Å². The van der Waals surface area contributed by atoms with Crippen molar-refractivity contribution in [1.29, 1.82) is 0 Å². The maximum Gasteiger partial charge on any atom is 0.226 e. The van der Waals surface area contributed by atoms with Crippen LogP contribution in [0, 0.1) is 0 Å². The predicted molar refractivity (Wildman–Crippen MR) is 81.7 cm³/mol. The van der Waals surface area contributed by atoms with Crippen molar-refractivity contribution in [3.8, 4) is 5.82 Å². The minimum Gasteiger partial charge on any atom is -0.340 e. The van der Waals surface area contributed by atoms with Gasteiger partial charge in [0.1, 0.15) is 11.3 Å². The zero-order chi connectivity index (χ0) is 14.7. The van der Waals surface area contributed by atoms with E-state index in [2.05, 4.69) is 31.8 Å². The van der Waals surface area contributed by atoms with E-state index in [1.165, 1.54) is 19.3 Å². The molecule has 21 heavy (non-hydrogen) atoms. The zero-order valence-corrected chi connectivity index (χ0v) is 12.6. The average molecular weight is 305 g/mol. The smallest absolute Gasteiger partial charge is 0.226 e. The van der Waals surface area contributed by atoms with Crippen molar-refractivity contribution in [2.45, 2.75) is 39.0 Å². The third-order valence-electron chi connectivity index (χ3n) is 3.44. The number of nitrogens with one attached hydrogen (secondary N) is 1. The Labute approximate surface area is 127 Å². The molecule has 1 N–H and O–H groups in total. The van der Waals surface area contributed by atoms with Crippen molar-refractivity contribution in [2.24, 2.45) is 0 Å². The third kappa shape index (κ3) is 2.90. The molecule has 0 aliphatic rings. The molecule has 0 saturated heterocycles. The number of aromatic nitrogens is 6. The van der Waals surface area contributed by atoms with Crippen molar-refractivity contribution < 1.29 is 0 Å². The molecule has 0 radical (unpaired) electrons. The van der Waals surface area contributed by atoms with Gasteiger partial charge in [0, 0.05) is 18.8 Å². The van der Waals surface area contributed by atoms with E-state index in [9.17, 15) is 0 Å². The summed E-state index contributed by atoms with van der Waals surface area (Å²) in [4.78, 5) is 20.1. The molecule has 0 aliphatic carbocycles. The van der Waals surface area contributed by atoms with Gasteiger partial charge in [-0.1, -0.05) is 26.2 Å². The molecular formula is C14H17ClN6. The van der Waals surface area contributed by atoms with Crippen molar-refractivity contribution in [3.05, 3.63) is 29.8 Å². The van der Waals surface area contributed by atoms with Gasteiger partial charge in [-0.2, -0.15) is 9.97 Å². The highest BCUT2D eigenvalue weighted by Crippen LogP contribution is 2.20. The number of aryl methyl sites for hydroxylation is 1. The summed E-state index contributed by atoms with van der Waals surface area (Å²) in [7, 11) is 0. The van der Waals surface area contributed by atoms with Crippen LogP contribution >= 0.6 is 11.6 Å². The van der Waals surface area contributed by atoms with Gasteiger partial charge < -0.3 is 4.98 Å². The van der Waals surface area contributed by atoms with Crippen LogP contribution in [0.1, 0.15) is 38.4 Å². The van der Waals surface area contributed by atoms with Gasteiger partial charge in [0.2, 0.25) is 5.28 Å². The monoisotopic (exact) mass is 304 g/mol. The second kappa shape index (κ2) is 6.22. The fourth-order valence-corrected chi connectivity index (χ4v) is 2.55. The first-order valence-corrected chi connectivity index (χ1v) is 7.56. The van der Waals surface area contributed by atoms with E-state index in [0.717, 1.165) is 24.2 Å². The second-order valence-corrected chi connectivity index (χ2v) is 5.28. The van der Waals surface area contributed by atoms with Crippen LogP contribution in [0.15, 0.2) is 18.7 Å². The predicted octanol–water partition coefficient (Wildman–Crippen LogP) is 3.31. The highest BCUT2D eigenvalue weighted by atomic mass is 35.5. The van der Waals surface area contributed by atoms with Crippen LogP contribution in [0.25, 0.3) is 17.0 Å². The van der Waals surface area contributed by atoms with Crippen LogP contribution in [0.5, 0.6) is 0 Å². The van der Waals surface area contributed by atoms with Crippen molar-refractivity contribution in [2.75, 3.05) is 0 Å². The van der Waals surface area contributed by atoms with Gasteiger partial charge >= 0.3 is 0 Å². The molecule has 3 heterocycles. The van der Waals surface area contributed by atoms with Gasteiger partial charge in [0.25, 0.3) is 0 Å². The Balaban J connectivity index is 1.92. The molecule has 0 atom stereocenters. The summed E-state index contributed by atoms with van der Waals surface area (Å²) in [6, 6.07) is 0. The maximum absolute atomic E-state index is 5.99. The molecule has 6 nitrogen and oxygen atoms in total. The Bertz CT molecular complexity index is 732. The van der Waals surface area contributed by atoms with Gasteiger partial charge in [-0.25, -0.2) is 9.97 Å². The van der Waals surface area contributed by atoms with E-state index >= 15 is 0 Å². The topological polar surface area (TPSA) is 72.3 Å². The Hall–Kier alpha value is -1.95. The molecular weight excluding hydrogens is 288 g/mol. The number of fused-ring (bicyclic) bond motifs is 1. The van der Waals surface area contributed by atoms with Crippen LogP contribution in [0.4, 0.5) is 0 Å². The minimum atomic E-state index is 0.190. The molecule has 0 aromatic carbocycles.